The van der Waals surface area contributed by atoms with Gasteiger partial charge in [0.25, 0.3) is 0 Å². The predicted octanol–water partition coefficient (Wildman–Crippen LogP) is 1.05. The number of pyridine rings is 1. The van der Waals surface area contributed by atoms with Crippen LogP contribution < -0.4 is 5.32 Å². The third-order valence-electron chi connectivity index (χ3n) is 3.53. The number of nitrogens with zero attached hydrogens (tertiary/aromatic N) is 2. The quantitative estimate of drug-likeness (QED) is 0.826. The summed E-state index contributed by atoms with van der Waals surface area (Å²) in [6, 6.07) is 5.48. The summed E-state index contributed by atoms with van der Waals surface area (Å²) in [5.74, 6) is -0.388. The zero-order valence-electron chi connectivity index (χ0n) is 11.8. The molecule has 2 rings (SSSR count). The van der Waals surface area contributed by atoms with Gasteiger partial charge in [0.1, 0.15) is 5.69 Å². The lowest BCUT2D eigenvalue weighted by molar-refractivity contribution is 0.0591. The van der Waals surface area contributed by atoms with E-state index in [9.17, 15) is 4.79 Å². The first-order valence-corrected chi connectivity index (χ1v) is 6.53. The second-order valence-corrected chi connectivity index (χ2v) is 5.42. The van der Waals surface area contributed by atoms with E-state index in [4.69, 9.17) is 4.74 Å². The Morgan fingerprint density at radius 2 is 2.32 bits per heavy atom. The van der Waals surface area contributed by atoms with E-state index in [1.165, 1.54) is 7.11 Å². The van der Waals surface area contributed by atoms with Crippen LogP contribution in [0.1, 0.15) is 30.0 Å². The molecule has 1 aliphatic rings. The van der Waals surface area contributed by atoms with Crippen LogP contribution in [-0.2, 0) is 11.3 Å². The zero-order valence-corrected chi connectivity index (χ0v) is 11.8. The summed E-state index contributed by atoms with van der Waals surface area (Å²) in [6.45, 7) is 8.10. The summed E-state index contributed by atoms with van der Waals surface area (Å²) in [6.07, 6.45) is 0. The van der Waals surface area contributed by atoms with E-state index in [1.54, 1.807) is 6.07 Å². The highest BCUT2D eigenvalue weighted by Crippen LogP contribution is 2.18. The molecule has 1 saturated heterocycles. The summed E-state index contributed by atoms with van der Waals surface area (Å²) in [4.78, 5) is 18.2. The summed E-state index contributed by atoms with van der Waals surface area (Å²) in [5, 5.41) is 3.39. The van der Waals surface area contributed by atoms with Crippen molar-refractivity contribution in [3.63, 3.8) is 0 Å². The highest BCUT2D eigenvalue weighted by atomic mass is 16.5. The van der Waals surface area contributed by atoms with Gasteiger partial charge in [0.2, 0.25) is 0 Å². The monoisotopic (exact) mass is 263 g/mol. The fraction of sp³-hybridized carbons (Fsp3) is 0.571. The van der Waals surface area contributed by atoms with E-state index in [2.05, 4.69) is 29.0 Å². The maximum Gasteiger partial charge on any atom is 0.356 e. The van der Waals surface area contributed by atoms with Crippen molar-refractivity contribution < 1.29 is 9.53 Å². The number of hydrogen-bond acceptors (Lipinski definition) is 5. The van der Waals surface area contributed by atoms with Crippen molar-refractivity contribution in [3.05, 3.63) is 29.6 Å². The molecular formula is C14H21N3O2. The first kappa shape index (κ1) is 14.0. The Kier molecular flexibility index (Phi) is 4.17. The largest absolute Gasteiger partial charge is 0.464 e. The van der Waals surface area contributed by atoms with Crippen LogP contribution in [0.5, 0.6) is 0 Å². The highest BCUT2D eigenvalue weighted by molar-refractivity contribution is 5.87. The van der Waals surface area contributed by atoms with Crippen molar-refractivity contribution in [1.29, 1.82) is 0 Å². The molecule has 104 valence electrons. The SMILES string of the molecule is COC(=O)c1cccc(CN2CCNCC2(C)C)n1. The van der Waals surface area contributed by atoms with E-state index in [0.29, 0.717) is 5.69 Å². The van der Waals surface area contributed by atoms with Gasteiger partial charge in [-0.05, 0) is 26.0 Å². The van der Waals surface area contributed by atoms with Crippen LogP contribution >= 0.6 is 0 Å². The molecule has 1 fully saturated rings. The lowest BCUT2D eigenvalue weighted by atomic mass is 10.00. The zero-order chi connectivity index (χ0) is 13.9. The minimum atomic E-state index is -0.388. The molecule has 5 heteroatoms. The second kappa shape index (κ2) is 5.67. The molecule has 0 aliphatic carbocycles. The highest BCUT2D eigenvalue weighted by Gasteiger charge is 2.29. The molecule has 5 nitrogen and oxygen atoms in total. The number of carbonyl (C=O) groups is 1. The van der Waals surface area contributed by atoms with Crippen LogP contribution in [0.15, 0.2) is 18.2 Å². The normalized spacial score (nSPS) is 19.1. The molecule has 0 spiro atoms. The average molecular weight is 263 g/mol. The number of rotatable bonds is 3. The molecular weight excluding hydrogens is 242 g/mol. The molecule has 1 aliphatic heterocycles. The van der Waals surface area contributed by atoms with Crippen LogP contribution in [-0.4, -0.2) is 48.1 Å². The summed E-state index contributed by atoms with van der Waals surface area (Å²) >= 11 is 0. The molecule has 1 aromatic rings. The third-order valence-corrected chi connectivity index (χ3v) is 3.53. The standard InChI is InChI=1S/C14H21N3O2/c1-14(2)10-15-7-8-17(14)9-11-5-4-6-12(16-11)13(18)19-3/h4-6,15H,7-10H2,1-3H3. The Labute approximate surface area is 114 Å². The molecule has 0 radical (unpaired) electrons. The third kappa shape index (κ3) is 3.30. The maximum atomic E-state index is 11.5. The molecule has 0 bridgehead atoms. The summed E-state index contributed by atoms with van der Waals surface area (Å²) in [5.41, 5.74) is 1.37. The minimum Gasteiger partial charge on any atom is -0.464 e. The van der Waals surface area contributed by atoms with Gasteiger partial charge in [0, 0.05) is 31.7 Å². The van der Waals surface area contributed by atoms with Gasteiger partial charge in [0.05, 0.1) is 12.8 Å². The smallest absolute Gasteiger partial charge is 0.356 e. The van der Waals surface area contributed by atoms with E-state index >= 15 is 0 Å². The van der Waals surface area contributed by atoms with E-state index in [1.807, 2.05) is 12.1 Å². The average Bonchev–Trinajstić information content (AvgIpc) is 2.40. The first-order valence-electron chi connectivity index (χ1n) is 6.53. The van der Waals surface area contributed by atoms with Crippen LogP contribution in [0.4, 0.5) is 0 Å². The minimum absolute atomic E-state index is 0.0984. The molecule has 0 amide bonds. The Hall–Kier alpha value is -1.46. The number of esters is 1. The summed E-state index contributed by atoms with van der Waals surface area (Å²) < 4.78 is 4.70. The number of nitrogens with one attached hydrogen (secondary N) is 1. The van der Waals surface area contributed by atoms with Crippen molar-refractivity contribution in [2.24, 2.45) is 0 Å². The van der Waals surface area contributed by atoms with Gasteiger partial charge in [-0.2, -0.15) is 0 Å². The topological polar surface area (TPSA) is 54.5 Å². The molecule has 0 atom stereocenters. The lowest BCUT2D eigenvalue weighted by Gasteiger charge is -2.42. The first-order chi connectivity index (χ1) is 9.03. The molecule has 0 aromatic carbocycles. The molecule has 1 N–H and O–H groups in total. The Bertz CT molecular complexity index is 460. The Morgan fingerprint density at radius 3 is 3.00 bits per heavy atom. The lowest BCUT2D eigenvalue weighted by Crippen LogP contribution is -2.57. The van der Waals surface area contributed by atoms with Crippen molar-refractivity contribution in [1.82, 2.24) is 15.2 Å². The van der Waals surface area contributed by atoms with Crippen molar-refractivity contribution in [3.8, 4) is 0 Å². The van der Waals surface area contributed by atoms with Gasteiger partial charge in [-0.3, -0.25) is 4.90 Å². The molecule has 0 unspecified atom stereocenters. The summed E-state index contributed by atoms with van der Waals surface area (Å²) in [7, 11) is 1.37. The number of hydrogen-bond donors (Lipinski definition) is 1. The van der Waals surface area contributed by atoms with Crippen LogP contribution in [0.2, 0.25) is 0 Å². The van der Waals surface area contributed by atoms with Crippen LogP contribution in [0.3, 0.4) is 0 Å². The molecule has 0 saturated carbocycles. The number of carbonyl (C=O) groups excluding carboxylic acids is 1. The van der Waals surface area contributed by atoms with Crippen molar-refractivity contribution in [2.45, 2.75) is 25.9 Å². The fourth-order valence-electron chi connectivity index (χ4n) is 2.30. The van der Waals surface area contributed by atoms with E-state index in [0.717, 1.165) is 31.9 Å². The number of methoxy groups -OCH3 is 1. The molecule has 1 aromatic heterocycles. The second-order valence-electron chi connectivity index (χ2n) is 5.42. The van der Waals surface area contributed by atoms with Gasteiger partial charge >= 0.3 is 5.97 Å². The predicted molar refractivity (Wildman–Crippen MR) is 72.9 cm³/mol. The number of ether oxygens (including phenoxy) is 1. The van der Waals surface area contributed by atoms with E-state index < -0.39 is 0 Å². The van der Waals surface area contributed by atoms with Gasteiger partial charge < -0.3 is 10.1 Å². The Morgan fingerprint density at radius 1 is 1.53 bits per heavy atom. The van der Waals surface area contributed by atoms with Gasteiger partial charge in [0.15, 0.2) is 0 Å². The van der Waals surface area contributed by atoms with Crippen molar-refractivity contribution >= 4 is 5.97 Å². The number of piperazine rings is 1. The maximum absolute atomic E-state index is 11.5. The van der Waals surface area contributed by atoms with E-state index in [-0.39, 0.29) is 11.5 Å². The molecule has 19 heavy (non-hydrogen) atoms. The van der Waals surface area contributed by atoms with Gasteiger partial charge in [-0.1, -0.05) is 6.07 Å². The van der Waals surface area contributed by atoms with Crippen LogP contribution in [0, 0.1) is 0 Å². The van der Waals surface area contributed by atoms with Crippen molar-refractivity contribution in [2.75, 3.05) is 26.7 Å². The molecule has 2 heterocycles. The van der Waals surface area contributed by atoms with Gasteiger partial charge in [-0.25, -0.2) is 9.78 Å². The van der Waals surface area contributed by atoms with Gasteiger partial charge in [-0.15, -0.1) is 0 Å². The van der Waals surface area contributed by atoms with Crippen LogP contribution in [0.25, 0.3) is 0 Å². The fourth-order valence-corrected chi connectivity index (χ4v) is 2.30. The number of aromatic nitrogens is 1. The Balaban J connectivity index is 2.12.